The summed E-state index contributed by atoms with van der Waals surface area (Å²) in [5.74, 6) is -1.01. The van der Waals surface area contributed by atoms with Gasteiger partial charge in [0, 0.05) is 13.1 Å². The van der Waals surface area contributed by atoms with E-state index in [0.717, 1.165) is 24.3 Å². The molecule has 3 aromatic carbocycles. The van der Waals surface area contributed by atoms with Crippen LogP contribution in [-0.2, 0) is 40.4 Å². The van der Waals surface area contributed by atoms with Crippen molar-refractivity contribution in [1.82, 2.24) is 4.31 Å². The predicted molar refractivity (Wildman–Crippen MR) is 123 cm³/mol. The van der Waals surface area contributed by atoms with E-state index in [9.17, 15) is 30.8 Å². The molecule has 0 radical (unpaired) electrons. The highest BCUT2D eigenvalue weighted by Crippen LogP contribution is 2.35. The molecule has 11 heteroatoms. The van der Waals surface area contributed by atoms with E-state index in [1.165, 1.54) is 28.6 Å². The first-order chi connectivity index (χ1) is 16.4. The Morgan fingerprint density at radius 1 is 1.00 bits per heavy atom. The zero-order valence-electron chi connectivity index (χ0n) is 18.1. The third-order valence-electron chi connectivity index (χ3n) is 5.68. The number of sulfonamides is 1. The van der Waals surface area contributed by atoms with E-state index < -0.39 is 33.5 Å². The summed E-state index contributed by atoms with van der Waals surface area (Å²) in [5.41, 5.74) is 1.27. The first kappa shape index (κ1) is 25.2. The third-order valence-corrected chi connectivity index (χ3v) is 7.85. The zero-order valence-corrected chi connectivity index (χ0v) is 19.6. The van der Waals surface area contributed by atoms with E-state index in [1.807, 2.05) is 0 Å². The molecule has 0 aliphatic carbocycles. The topological polar surface area (TPSA) is 66.5 Å². The molecule has 0 fully saturated rings. The van der Waals surface area contributed by atoms with Crippen LogP contribution < -0.4 is 5.32 Å². The van der Waals surface area contributed by atoms with Gasteiger partial charge in [0.25, 0.3) is 0 Å². The number of hydrogen-bond donors (Lipinski definition) is 1. The van der Waals surface area contributed by atoms with E-state index in [1.54, 1.807) is 12.1 Å². The van der Waals surface area contributed by atoms with Crippen LogP contribution >= 0.6 is 11.6 Å². The standard InChI is InChI=1S/C24H19ClF4N2O3S/c25-21-10-3-16-14-31(35(33,34)19-8-6-18(26)7-9-19)12-11-20(16)23(21)30-22(32)13-15-1-4-17(5-2-15)24(27,28)29/h1-10H,11-14H2,(H,30,32). The summed E-state index contributed by atoms with van der Waals surface area (Å²) in [6.07, 6.45) is -4.36. The molecule has 0 unspecified atom stereocenters. The minimum absolute atomic E-state index is 0.0265. The number of alkyl halides is 3. The number of carbonyl (C=O) groups excluding carboxylic acids is 1. The molecule has 184 valence electrons. The summed E-state index contributed by atoms with van der Waals surface area (Å²) in [4.78, 5) is 12.6. The van der Waals surface area contributed by atoms with E-state index in [0.29, 0.717) is 22.4 Å². The lowest BCUT2D eigenvalue weighted by molar-refractivity contribution is -0.137. The number of amides is 1. The van der Waals surface area contributed by atoms with Gasteiger partial charge in [-0.25, -0.2) is 12.8 Å². The van der Waals surface area contributed by atoms with Crippen LogP contribution in [0.1, 0.15) is 22.3 Å². The molecule has 0 saturated carbocycles. The van der Waals surface area contributed by atoms with Gasteiger partial charge in [0.1, 0.15) is 5.82 Å². The molecule has 5 nitrogen and oxygen atoms in total. The average Bonchev–Trinajstić information content (AvgIpc) is 2.80. The number of anilines is 1. The van der Waals surface area contributed by atoms with Crippen molar-refractivity contribution in [3.63, 3.8) is 0 Å². The van der Waals surface area contributed by atoms with Crippen molar-refractivity contribution < 1.29 is 30.8 Å². The van der Waals surface area contributed by atoms with Crippen molar-refractivity contribution in [2.45, 2.75) is 30.5 Å². The van der Waals surface area contributed by atoms with Gasteiger partial charge in [0.05, 0.1) is 27.6 Å². The van der Waals surface area contributed by atoms with E-state index >= 15 is 0 Å². The zero-order chi connectivity index (χ0) is 25.4. The van der Waals surface area contributed by atoms with Gasteiger partial charge in [0.2, 0.25) is 15.9 Å². The Bertz CT molecular complexity index is 1360. The summed E-state index contributed by atoms with van der Waals surface area (Å²) >= 11 is 6.31. The first-order valence-corrected chi connectivity index (χ1v) is 12.3. The van der Waals surface area contributed by atoms with E-state index in [2.05, 4.69) is 5.32 Å². The fourth-order valence-electron chi connectivity index (χ4n) is 3.88. The molecule has 0 atom stereocenters. The summed E-state index contributed by atoms with van der Waals surface area (Å²) in [7, 11) is -3.86. The molecule has 1 aliphatic rings. The summed E-state index contributed by atoms with van der Waals surface area (Å²) in [6.45, 7) is 0.156. The molecular formula is C24H19ClF4N2O3S. The molecule has 0 aromatic heterocycles. The number of hydrogen-bond acceptors (Lipinski definition) is 3. The van der Waals surface area contributed by atoms with Crippen LogP contribution in [0.3, 0.4) is 0 Å². The SMILES string of the molecule is O=C(Cc1ccc(C(F)(F)F)cc1)Nc1c(Cl)ccc2c1CCN(S(=O)(=O)c1ccc(F)cc1)C2. The molecule has 0 saturated heterocycles. The molecule has 0 spiro atoms. The lowest BCUT2D eigenvalue weighted by Crippen LogP contribution is -2.36. The maximum atomic E-state index is 13.2. The van der Waals surface area contributed by atoms with Crippen LogP contribution in [0.2, 0.25) is 5.02 Å². The van der Waals surface area contributed by atoms with Crippen LogP contribution in [0.25, 0.3) is 0 Å². The number of benzene rings is 3. The first-order valence-electron chi connectivity index (χ1n) is 10.5. The monoisotopic (exact) mass is 526 g/mol. The molecule has 1 N–H and O–H groups in total. The van der Waals surface area contributed by atoms with Crippen molar-refractivity contribution in [2.75, 3.05) is 11.9 Å². The van der Waals surface area contributed by atoms with Gasteiger partial charge in [-0.3, -0.25) is 4.79 Å². The highest BCUT2D eigenvalue weighted by Gasteiger charge is 2.31. The van der Waals surface area contributed by atoms with Crippen molar-refractivity contribution >= 4 is 33.2 Å². The Kier molecular flexibility index (Phi) is 6.90. The van der Waals surface area contributed by atoms with Crippen molar-refractivity contribution in [2.24, 2.45) is 0 Å². The maximum absolute atomic E-state index is 13.2. The lowest BCUT2D eigenvalue weighted by Gasteiger charge is -2.30. The van der Waals surface area contributed by atoms with Gasteiger partial charge < -0.3 is 5.32 Å². The molecule has 3 aromatic rings. The van der Waals surface area contributed by atoms with Gasteiger partial charge in [0.15, 0.2) is 0 Å². The molecular weight excluding hydrogens is 508 g/mol. The van der Waals surface area contributed by atoms with Crippen molar-refractivity contribution in [3.8, 4) is 0 Å². The number of nitrogens with one attached hydrogen (secondary N) is 1. The summed E-state index contributed by atoms with van der Waals surface area (Å²) < 4.78 is 78.6. The Morgan fingerprint density at radius 2 is 1.66 bits per heavy atom. The van der Waals surface area contributed by atoms with E-state index in [4.69, 9.17) is 11.6 Å². The number of fused-ring (bicyclic) bond motifs is 1. The number of rotatable bonds is 5. The molecule has 1 amide bonds. The minimum atomic E-state index is -4.46. The number of carbonyl (C=O) groups is 1. The molecule has 0 bridgehead atoms. The Labute approximate surface area is 204 Å². The van der Waals surface area contributed by atoms with Gasteiger partial charge in [-0.1, -0.05) is 29.8 Å². The quantitative estimate of drug-likeness (QED) is 0.451. The second-order valence-electron chi connectivity index (χ2n) is 8.02. The smallest absolute Gasteiger partial charge is 0.324 e. The Morgan fingerprint density at radius 3 is 2.29 bits per heavy atom. The fourth-order valence-corrected chi connectivity index (χ4v) is 5.52. The summed E-state index contributed by atoms with van der Waals surface area (Å²) in [6, 6.07) is 12.1. The molecule has 35 heavy (non-hydrogen) atoms. The van der Waals surface area contributed by atoms with Gasteiger partial charge in [-0.05, 0) is 65.6 Å². The molecule has 4 rings (SSSR count). The van der Waals surface area contributed by atoms with Gasteiger partial charge in [-0.15, -0.1) is 0 Å². The molecule has 1 aliphatic heterocycles. The number of halogens is 5. The van der Waals surface area contributed by atoms with Crippen molar-refractivity contribution in [1.29, 1.82) is 0 Å². The van der Waals surface area contributed by atoms with Crippen LogP contribution in [0.15, 0.2) is 65.6 Å². The second kappa shape index (κ2) is 9.60. The second-order valence-corrected chi connectivity index (χ2v) is 10.4. The Balaban J connectivity index is 1.51. The van der Waals surface area contributed by atoms with Crippen LogP contribution in [-0.4, -0.2) is 25.2 Å². The van der Waals surface area contributed by atoms with Crippen LogP contribution in [0.5, 0.6) is 0 Å². The van der Waals surface area contributed by atoms with E-state index in [-0.39, 0.29) is 35.8 Å². The average molecular weight is 527 g/mol. The third kappa shape index (κ3) is 5.50. The largest absolute Gasteiger partial charge is 0.416 e. The maximum Gasteiger partial charge on any atom is 0.416 e. The number of nitrogens with zero attached hydrogens (tertiary/aromatic N) is 1. The predicted octanol–water partition coefficient (Wildman–Crippen LogP) is 5.43. The minimum Gasteiger partial charge on any atom is -0.324 e. The summed E-state index contributed by atoms with van der Waals surface area (Å²) in [5, 5.41) is 2.98. The van der Waals surface area contributed by atoms with Crippen LogP contribution in [0, 0.1) is 5.82 Å². The lowest BCUT2D eigenvalue weighted by atomic mass is 9.98. The fraction of sp³-hybridized carbons (Fsp3) is 0.208. The normalized spacial score (nSPS) is 14.4. The molecule has 1 heterocycles. The Hall–Kier alpha value is -2.95. The van der Waals surface area contributed by atoms with Crippen LogP contribution in [0.4, 0.5) is 23.2 Å². The van der Waals surface area contributed by atoms with Gasteiger partial charge >= 0.3 is 6.18 Å². The highest BCUT2D eigenvalue weighted by atomic mass is 35.5. The van der Waals surface area contributed by atoms with Gasteiger partial charge in [-0.2, -0.15) is 17.5 Å². The van der Waals surface area contributed by atoms with Crippen molar-refractivity contribution in [3.05, 3.63) is 93.8 Å². The highest BCUT2D eigenvalue weighted by molar-refractivity contribution is 7.89.